The van der Waals surface area contributed by atoms with E-state index >= 15 is 0 Å². The third-order valence-electron chi connectivity index (χ3n) is 4.23. The van der Waals surface area contributed by atoms with Crippen molar-refractivity contribution in [2.45, 2.75) is 36.9 Å². The molecule has 0 aliphatic rings. The second kappa shape index (κ2) is 11.4. The van der Waals surface area contributed by atoms with Gasteiger partial charge in [-0.2, -0.15) is 67.9 Å². The van der Waals surface area contributed by atoms with Crippen molar-refractivity contribution >= 4 is 17.3 Å². The van der Waals surface area contributed by atoms with Crippen LogP contribution >= 0.6 is 0 Å². The standard InChI is InChI=1S/C17H13F12N5O6/c1-37-7-4-6(34(35)36)8(38-2)3-5(7)30-11-31-12(39-9(14(18,19)20)15(21,22)23)33-13(32-11)40-10(16(24,25)26)17(27,28)29/h3-4,9-10,34-35H,1-2H3,(H,30,31,32,33). The second-order valence-electron chi connectivity index (χ2n) is 7.07. The van der Waals surface area contributed by atoms with Crippen LogP contribution in [0.2, 0.25) is 0 Å². The summed E-state index contributed by atoms with van der Waals surface area (Å²) >= 11 is 0. The maximum Gasteiger partial charge on any atom is 0.434 e. The van der Waals surface area contributed by atoms with Gasteiger partial charge in [-0.3, -0.25) is 0 Å². The molecule has 0 saturated heterocycles. The van der Waals surface area contributed by atoms with E-state index < -0.39 is 83.0 Å². The molecule has 0 bridgehead atoms. The van der Waals surface area contributed by atoms with Crippen LogP contribution in [0.1, 0.15) is 0 Å². The minimum atomic E-state index is -6.21. The fourth-order valence-electron chi connectivity index (χ4n) is 2.63. The highest BCUT2D eigenvalue weighted by Gasteiger charge is 2.61. The molecule has 0 saturated carbocycles. The molecule has 0 fully saturated rings. The molecule has 0 amide bonds. The molecule has 3 N–H and O–H groups in total. The quantitative estimate of drug-likeness (QED) is 0.284. The largest absolute Gasteiger partial charge is 0.595 e. The lowest BCUT2D eigenvalue weighted by Gasteiger charge is -2.24. The lowest BCUT2D eigenvalue weighted by atomic mass is 10.2. The number of rotatable bonds is 9. The van der Waals surface area contributed by atoms with Crippen LogP contribution in [-0.4, -0.2) is 71.3 Å². The Balaban J connectivity index is 2.69. The molecule has 11 nitrogen and oxygen atoms in total. The van der Waals surface area contributed by atoms with Gasteiger partial charge in [0, 0.05) is 6.07 Å². The van der Waals surface area contributed by atoms with E-state index in [4.69, 9.17) is 9.47 Å². The van der Waals surface area contributed by atoms with E-state index in [1.165, 1.54) is 0 Å². The van der Waals surface area contributed by atoms with Gasteiger partial charge in [-0.05, 0) is 0 Å². The van der Waals surface area contributed by atoms with Crippen molar-refractivity contribution in [1.82, 2.24) is 15.0 Å². The van der Waals surface area contributed by atoms with Crippen LogP contribution in [0.5, 0.6) is 23.5 Å². The molecule has 226 valence electrons. The molecular formula is C17H13F12N5O6. The third-order valence-corrected chi connectivity index (χ3v) is 4.23. The summed E-state index contributed by atoms with van der Waals surface area (Å²) in [7, 11) is 1.92. The SMILES string of the molecule is COc1cc([NH+]([O-])O)c(OC)cc1Nc1nc(OC(C(F)(F)F)C(F)(F)F)nc(OC(C(F)(F)F)C(F)(F)F)n1. The number of quaternary nitrogens is 1. The molecule has 1 unspecified atom stereocenters. The summed E-state index contributed by atoms with van der Waals surface area (Å²) < 4.78 is 172. The highest BCUT2D eigenvalue weighted by atomic mass is 19.4. The summed E-state index contributed by atoms with van der Waals surface area (Å²) in [4.78, 5) is 8.59. The zero-order valence-corrected chi connectivity index (χ0v) is 19.2. The summed E-state index contributed by atoms with van der Waals surface area (Å²) in [5.41, 5.74) is -1.02. The predicted molar refractivity (Wildman–Crippen MR) is 101 cm³/mol. The number of nitrogens with zero attached hydrogens (tertiary/aromatic N) is 3. The van der Waals surface area contributed by atoms with E-state index in [-0.39, 0.29) is 0 Å². The molecule has 1 heterocycles. The Morgan fingerprint density at radius 3 is 1.45 bits per heavy atom. The maximum absolute atomic E-state index is 12.9. The first kappa shape index (κ1) is 32.5. The van der Waals surface area contributed by atoms with Crippen LogP contribution < -0.4 is 29.5 Å². The van der Waals surface area contributed by atoms with E-state index in [9.17, 15) is 63.1 Å². The number of aromatic nitrogens is 3. The molecule has 1 atom stereocenters. The molecule has 0 aliphatic carbocycles. The molecule has 40 heavy (non-hydrogen) atoms. The van der Waals surface area contributed by atoms with Crippen LogP contribution in [0.25, 0.3) is 0 Å². The van der Waals surface area contributed by atoms with Crippen molar-refractivity contribution in [2.75, 3.05) is 19.5 Å². The van der Waals surface area contributed by atoms with Gasteiger partial charge in [-0.15, -0.1) is 4.98 Å². The zero-order chi connectivity index (χ0) is 30.8. The molecular weight excluding hydrogens is 598 g/mol. The van der Waals surface area contributed by atoms with Crippen LogP contribution in [-0.2, 0) is 0 Å². The van der Waals surface area contributed by atoms with Crippen molar-refractivity contribution < 1.29 is 82.1 Å². The number of methoxy groups -OCH3 is 2. The van der Waals surface area contributed by atoms with Gasteiger partial charge in [-0.1, -0.05) is 0 Å². The van der Waals surface area contributed by atoms with Gasteiger partial charge in [0.2, 0.25) is 11.6 Å². The molecule has 1 aromatic carbocycles. The predicted octanol–water partition coefficient (Wildman–Crippen LogP) is 3.78. The van der Waals surface area contributed by atoms with Crippen LogP contribution in [0, 0.1) is 5.21 Å². The van der Waals surface area contributed by atoms with Gasteiger partial charge in [-0.25, -0.2) is 5.21 Å². The molecule has 2 rings (SSSR count). The lowest BCUT2D eigenvalue weighted by Crippen LogP contribution is -2.99. The number of ether oxygens (including phenoxy) is 4. The van der Waals surface area contributed by atoms with Gasteiger partial charge in [0.1, 0.15) is 5.75 Å². The molecule has 0 spiro atoms. The van der Waals surface area contributed by atoms with Crippen LogP contribution in [0.4, 0.5) is 70.0 Å². The zero-order valence-electron chi connectivity index (χ0n) is 19.2. The van der Waals surface area contributed by atoms with Gasteiger partial charge in [0.05, 0.1) is 26.0 Å². The van der Waals surface area contributed by atoms with E-state index in [0.717, 1.165) is 26.4 Å². The van der Waals surface area contributed by atoms with Gasteiger partial charge in [0.25, 0.3) is 12.2 Å². The number of alkyl halides is 12. The van der Waals surface area contributed by atoms with E-state index in [0.29, 0.717) is 0 Å². The fourth-order valence-corrected chi connectivity index (χ4v) is 2.63. The fraction of sp³-hybridized carbons (Fsp3) is 0.471. The van der Waals surface area contributed by atoms with Crippen molar-refractivity contribution in [1.29, 1.82) is 0 Å². The van der Waals surface area contributed by atoms with Crippen molar-refractivity contribution in [2.24, 2.45) is 0 Å². The Bertz CT molecular complexity index is 1090. The van der Waals surface area contributed by atoms with Crippen LogP contribution in [0.3, 0.4) is 0 Å². The Hall–Kier alpha value is -3.73. The van der Waals surface area contributed by atoms with Gasteiger partial charge in [0.15, 0.2) is 5.75 Å². The molecule has 0 aliphatic heterocycles. The first-order chi connectivity index (χ1) is 18.1. The topological polar surface area (TPSA) is 135 Å². The van der Waals surface area contributed by atoms with Crippen molar-refractivity contribution in [3.05, 3.63) is 17.3 Å². The maximum atomic E-state index is 12.9. The highest BCUT2D eigenvalue weighted by Crippen LogP contribution is 2.39. The normalized spacial score (nSPS) is 13.8. The number of benzene rings is 1. The van der Waals surface area contributed by atoms with E-state index in [1.807, 2.05) is 5.32 Å². The summed E-state index contributed by atoms with van der Waals surface area (Å²) in [6, 6.07) is -2.55. The second-order valence-corrected chi connectivity index (χ2v) is 7.07. The van der Waals surface area contributed by atoms with E-state index in [2.05, 4.69) is 24.4 Å². The summed E-state index contributed by atoms with van der Waals surface area (Å²) in [6.07, 6.45) is -34.2. The first-order valence-corrected chi connectivity index (χ1v) is 9.70. The van der Waals surface area contributed by atoms with Crippen LogP contribution in [0.15, 0.2) is 12.1 Å². The Morgan fingerprint density at radius 1 is 0.725 bits per heavy atom. The van der Waals surface area contributed by atoms with E-state index in [1.54, 1.807) is 0 Å². The average Bonchev–Trinajstić information content (AvgIpc) is 2.77. The summed E-state index contributed by atoms with van der Waals surface area (Å²) in [5.74, 6) is -2.22. The molecule has 23 heteroatoms. The van der Waals surface area contributed by atoms with Crippen molar-refractivity contribution in [3.8, 4) is 23.5 Å². The Morgan fingerprint density at radius 2 is 1.12 bits per heavy atom. The average molecular weight is 611 g/mol. The number of halogens is 12. The summed E-state index contributed by atoms with van der Waals surface area (Å²) in [6.45, 7) is 0. The highest BCUT2D eigenvalue weighted by molar-refractivity contribution is 5.70. The monoisotopic (exact) mass is 611 g/mol. The first-order valence-electron chi connectivity index (χ1n) is 9.70. The third kappa shape index (κ3) is 8.14. The smallest absolute Gasteiger partial charge is 0.434 e. The number of hydrogen-bond donors (Lipinski definition) is 3. The minimum Gasteiger partial charge on any atom is -0.595 e. The molecule has 2 aromatic rings. The number of hydrogen-bond acceptors (Lipinski definition) is 10. The molecule has 1 aromatic heterocycles. The molecule has 0 radical (unpaired) electrons. The Kier molecular flexibility index (Phi) is 9.26. The Labute approximate surface area is 212 Å². The summed E-state index contributed by atoms with van der Waals surface area (Å²) in [5, 5.41) is 21.0. The van der Waals surface area contributed by atoms with Gasteiger partial charge < -0.3 is 29.5 Å². The number of anilines is 2. The van der Waals surface area contributed by atoms with Gasteiger partial charge >= 0.3 is 36.7 Å². The minimum absolute atomic E-state index is 0.443. The van der Waals surface area contributed by atoms with Crippen molar-refractivity contribution in [3.63, 3.8) is 0 Å². The number of nitrogens with one attached hydrogen (secondary N) is 2. The lowest BCUT2D eigenvalue weighted by molar-refractivity contribution is -0.991.